The molecule has 0 aliphatic carbocycles. The van der Waals surface area contributed by atoms with Gasteiger partial charge in [-0.25, -0.2) is 38.5 Å². The Labute approximate surface area is 506 Å². The molecule has 0 bridgehead atoms. The van der Waals surface area contributed by atoms with Gasteiger partial charge in [0.25, 0.3) is 5.60 Å². The largest absolute Gasteiger partial charge is 0.434 e. The van der Waals surface area contributed by atoms with Gasteiger partial charge >= 0.3 is 47.6 Å². The van der Waals surface area contributed by atoms with Crippen LogP contribution >= 0.6 is 0 Å². The molecule has 0 N–H and O–H groups in total. The molecule has 0 amide bonds. The van der Waals surface area contributed by atoms with Crippen molar-refractivity contribution in [1.82, 2.24) is 0 Å². The Morgan fingerprint density at radius 3 is 0.786 bits per heavy atom. The Morgan fingerprint density at radius 2 is 0.571 bits per heavy atom. The van der Waals surface area contributed by atoms with E-state index < -0.39 is 107 Å². The van der Waals surface area contributed by atoms with Crippen LogP contribution in [0.4, 0.5) is 0 Å². The van der Waals surface area contributed by atoms with Crippen molar-refractivity contribution in [2.45, 2.75) is 334 Å². The number of unbranched alkanes of at least 4 members (excludes halogenated alkanes) is 6. The first-order chi connectivity index (χ1) is 39.9. The summed E-state index contributed by atoms with van der Waals surface area (Å²) in [7, 11) is 0. The molecular weight excluding hydrogens is 1090 g/mol. The highest BCUT2D eigenvalue weighted by atomic mass is 17.4. The fourth-order valence-electron chi connectivity index (χ4n) is 10.1. The van der Waals surface area contributed by atoms with E-state index in [0.29, 0.717) is 109 Å². The monoisotopic (exact) mass is 1210 g/mol. The number of hydrogen-bond donors (Lipinski definition) is 0. The Kier molecular flexibility index (Phi) is 41.4. The number of carbonyl (C=O) groups is 6. The van der Waals surface area contributed by atoms with Crippen LogP contribution in [0.2, 0.25) is 0 Å². The summed E-state index contributed by atoms with van der Waals surface area (Å²) in [6.45, 7) is 34.9. The van der Waals surface area contributed by atoms with E-state index in [-0.39, 0.29) is 50.4 Å². The first kappa shape index (κ1) is 80.5. The quantitative estimate of drug-likeness (QED) is 0.0313. The van der Waals surface area contributed by atoms with Crippen LogP contribution in [0, 0.1) is 40.9 Å². The average Bonchev–Trinajstić information content (AvgIpc) is 3.62. The molecule has 494 valence electrons. The molecule has 8 atom stereocenters. The molecule has 0 heterocycles. The first-order valence-electron chi connectivity index (χ1n) is 32.6. The molecule has 0 aliphatic rings. The van der Waals surface area contributed by atoms with Crippen LogP contribution in [0.15, 0.2) is 0 Å². The molecule has 0 rings (SSSR count). The average molecular weight is 1210 g/mol. The van der Waals surface area contributed by atoms with E-state index in [4.69, 9.17) is 68.4 Å². The van der Waals surface area contributed by atoms with Gasteiger partial charge in [0.05, 0.1) is 41.1 Å². The van der Waals surface area contributed by atoms with Crippen molar-refractivity contribution in [3.8, 4) is 0 Å². The maximum Gasteiger partial charge on any atom is 0.434 e. The Bertz CT molecular complexity index is 1710. The molecule has 0 spiro atoms. The second-order valence-corrected chi connectivity index (χ2v) is 24.4. The Morgan fingerprint density at radius 1 is 0.321 bits per heavy atom. The van der Waals surface area contributed by atoms with Crippen LogP contribution in [0.1, 0.15) is 305 Å². The molecule has 8 unspecified atom stereocenters. The fraction of sp³-hybridized carbons (Fsp3) is 0.906. The van der Waals surface area contributed by atoms with Gasteiger partial charge < -0.3 is 0 Å². The van der Waals surface area contributed by atoms with Gasteiger partial charge in [-0.3, -0.25) is 29.3 Å². The third kappa shape index (κ3) is 26.5. The summed E-state index contributed by atoms with van der Waals surface area (Å²) in [5.41, 5.74) is -4.91. The predicted octanol–water partition coefficient (Wildman–Crippen LogP) is 16.6. The zero-order valence-corrected chi connectivity index (χ0v) is 55.8. The van der Waals surface area contributed by atoms with Gasteiger partial charge in [0, 0.05) is 0 Å². The summed E-state index contributed by atoms with van der Waals surface area (Å²) >= 11 is 0. The lowest BCUT2D eigenvalue weighted by atomic mass is 9.82. The molecule has 0 aromatic rings. The highest BCUT2D eigenvalue weighted by Gasteiger charge is 2.81. The summed E-state index contributed by atoms with van der Waals surface area (Å²) in [6, 6.07) is 0. The highest BCUT2D eigenvalue weighted by molar-refractivity contribution is 5.74. The minimum atomic E-state index is -3.81. The van der Waals surface area contributed by atoms with Gasteiger partial charge in [-0.15, -0.1) is 24.4 Å². The lowest BCUT2D eigenvalue weighted by Gasteiger charge is -2.50. The van der Waals surface area contributed by atoms with Crippen molar-refractivity contribution in [3.63, 3.8) is 0 Å². The first-order valence-corrected chi connectivity index (χ1v) is 32.6. The molecule has 20 heteroatoms. The standard InChI is InChI=1S/C64H118O20/c1-20-34-40-47(26-7)54(65)72-79-62(33-14,64(82-75-57(68)50(29-10)43-37-23-4,83-76-58(69)51(30-11)44-38-24-5)84-77-59(70)52(31-12)45-39-25-6)63(80-73-55(66)48(27-8)41-35-21-2,81-74-56(67)49(28-9)42-36-22-3)53(32-13)71-78-61(18,19)46-60(15,16)17/h47-53H,20-46H2,1-19H3. The fourth-order valence-corrected chi connectivity index (χ4v) is 10.1. The molecule has 20 nitrogen and oxygen atoms in total. The molecular formula is C64H118O20. The molecule has 0 aliphatic heterocycles. The number of rotatable bonds is 51. The van der Waals surface area contributed by atoms with Gasteiger partial charge in [0.2, 0.25) is 0 Å². The summed E-state index contributed by atoms with van der Waals surface area (Å²) in [5.74, 6) is -18.0. The Hall–Kier alpha value is -3.50. The molecule has 0 saturated carbocycles. The molecule has 0 aromatic carbocycles. The van der Waals surface area contributed by atoms with E-state index in [1.807, 2.05) is 62.3 Å². The van der Waals surface area contributed by atoms with Crippen molar-refractivity contribution in [2.24, 2.45) is 40.9 Å². The van der Waals surface area contributed by atoms with Crippen LogP contribution in [0.3, 0.4) is 0 Å². The third-order valence-corrected chi connectivity index (χ3v) is 15.6. The van der Waals surface area contributed by atoms with E-state index in [0.717, 1.165) is 12.8 Å². The van der Waals surface area contributed by atoms with E-state index in [2.05, 4.69) is 0 Å². The predicted molar refractivity (Wildman–Crippen MR) is 316 cm³/mol. The van der Waals surface area contributed by atoms with Gasteiger partial charge in [-0.1, -0.05) is 195 Å². The van der Waals surface area contributed by atoms with Crippen molar-refractivity contribution in [1.29, 1.82) is 0 Å². The van der Waals surface area contributed by atoms with Gasteiger partial charge in [0.1, 0.15) is 0 Å². The highest BCUT2D eigenvalue weighted by Crippen LogP contribution is 2.52. The van der Waals surface area contributed by atoms with Crippen molar-refractivity contribution in [2.75, 3.05) is 0 Å². The minimum absolute atomic E-state index is 0.248. The molecule has 0 aromatic heterocycles. The van der Waals surface area contributed by atoms with Crippen LogP contribution in [0.25, 0.3) is 0 Å². The van der Waals surface area contributed by atoms with Crippen LogP contribution in [0.5, 0.6) is 0 Å². The lowest BCUT2D eigenvalue weighted by Crippen LogP contribution is -2.77. The van der Waals surface area contributed by atoms with E-state index in [1.165, 1.54) is 6.92 Å². The van der Waals surface area contributed by atoms with Gasteiger partial charge in [0.15, 0.2) is 6.10 Å². The summed E-state index contributed by atoms with van der Waals surface area (Å²) in [4.78, 5) is 174. The van der Waals surface area contributed by atoms with Crippen molar-refractivity contribution >= 4 is 35.8 Å². The number of hydrogen-bond acceptors (Lipinski definition) is 20. The van der Waals surface area contributed by atoms with Crippen LogP contribution < -0.4 is 0 Å². The lowest BCUT2D eigenvalue weighted by molar-refractivity contribution is -0.685. The third-order valence-electron chi connectivity index (χ3n) is 15.6. The summed E-state index contributed by atoms with van der Waals surface area (Å²) in [6.07, 6.45) is 8.70. The summed E-state index contributed by atoms with van der Waals surface area (Å²) in [5, 5.41) is 0. The van der Waals surface area contributed by atoms with E-state index >= 15 is 0 Å². The van der Waals surface area contributed by atoms with E-state index in [9.17, 15) is 28.8 Å². The van der Waals surface area contributed by atoms with E-state index in [1.54, 1.807) is 62.3 Å². The second kappa shape index (κ2) is 43.2. The SMILES string of the molecule is CCCCC(CC)C(=O)OOC(OOC(=O)C(CC)CCCC)(OOC(=O)C(CC)CCCC)C(CC)(OOC(=O)C(CC)CCCC)C(OOC(=O)C(CC)CCCC)(OOC(=O)C(CC)CCCC)C(CC)OOC(C)(C)CC(C)(C)C. The maximum absolute atomic E-state index is 14.8. The number of carbonyl (C=O) groups excluding carboxylic acids is 6. The van der Waals surface area contributed by atoms with Crippen LogP contribution in [-0.4, -0.2) is 64.9 Å². The maximum atomic E-state index is 14.8. The van der Waals surface area contributed by atoms with Crippen LogP contribution in [-0.2, 0) is 97.2 Å². The second-order valence-electron chi connectivity index (χ2n) is 24.4. The van der Waals surface area contributed by atoms with Gasteiger partial charge in [-0.2, -0.15) is 4.89 Å². The normalized spacial score (nSPS) is 16.8. The van der Waals surface area contributed by atoms with Crippen molar-refractivity contribution in [3.05, 3.63) is 0 Å². The zero-order chi connectivity index (χ0) is 64.0. The summed E-state index contributed by atoms with van der Waals surface area (Å²) < 4.78 is 0. The smallest absolute Gasteiger partial charge is 0.297 e. The molecule has 0 fully saturated rings. The molecule has 0 radical (unpaired) electrons. The zero-order valence-electron chi connectivity index (χ0n) is 55.8. The molecule has 84 heavy (non-hydrogen) atoms. The minimum Gasteiger partial charge on any atom is -0.297 e. The van der Waals surface area contributed by atoms with Crippen molar-refractivity contribution < 1.29 is 97.2 Å². The molecule has 0 saturated heterocycles. The Balaban J connectivity index is 10.2. The van der Waals surface area contributed by atoms with Gasteiger partial charge in [-0.05, 0) is 116 Å². The topological polar surface area (TPSA) is 232 Å².